The lowest BCUT2D eigenvalue weighted by Gasteiger charge is -2.23. The van der Waals surface area contributed by atoms with Crippen LogP contribution in [0.2, 0.25) is 0 Å². The van der Waals surface area contributed by atoms with Crippen molar-refractivity contribution in [1.82, 2.24) is 4.90 Å². The van der Waals surface area contributed by atoms with Crippen molar-refractivity contribution in [3.05, 3.63) is 24.0 Å². The number of methoxy groups -OCH3 is 1. The lowest BCUT2D eigenvalue weighted by Crippen LogP contribution is -2.38. The van der Waals surface area contributed by atoms with Gasteiger partial charge in [-0.1, -0.05) is 0 Å². The fourth-order valence-corrected chi connectivity index (χ4v) is 3.67. The van der Waals surface area contributed by atoms with Crippen LogP contribution in [-0.2, 0) is 9.53 Å². The van der Waals surface area contributed by atoms with Crippen LogP contribution < -0.4 is 10.1 Å². The maximum atomic E-state index is 13.4. The standard InChI is InChI=1S/C16H23FN2O3S/c1-19(13-5-8-23-11-13)10-16(20)18-14-9-12(17)3-4-15(14)22-7-6-21-2/h3-4,9,13H,5-8,10-11H2,1-2H3,(H,18,20)/t13-/m0/s1. The van der Waals surface area contributed by atoms with Gasteiger partial charge in [-0.2, -0.15) is 11.8 Å². The van der Waals surface area contributed by atoms with Gasteiger partial charge in [0.25, 0.3) is 0 Å². The summed E-state index contributed by atoms with van der Waals surface area (Å²) in [5.74, 6) is 2.04. The summed E-state index contributed by atoms with van der Waals surface area (Å²) in [4.78, 5) is 14.3. The van der Waals surface area contributed by atoms with Gasteiger partial charge in [0.1, 0.15) is 18.2 Å². The number of amides is 1. The SMILES string of the molecule is COCCOc1ccc(F)cc1NC(=O)CN(C)[C@H]1CCSC1. The maximum absolute atomic E-state index is 13.4. The van der Waals surface area contributed by atoms with Crippen LogP contribution in [0.4, 0.5) is 10.1 Å². The number of anilines is 1. The molecule has 0 unspecified atom stereocenters. The summed E-state index contributed by atoms with van der Waals surface area (Å²) in [5, 5.41) is 2.74. The highest BCUT2D eigenvalue weighted by atomic mass is 32.2. The molecule has 1 heterocycles. The number of carbonyl (C=O) groups is 1. The molecule has 1 aromatic rings. The number of hydrogen-bond donors (Lipinski definition) is 1. The van der Waals surface area contributed by atoms with Gasteiger partial charge in [0, 0.05) is 25.0 Å². The molecule has 1 amide bonds. The van der Waals surface area contributed by atoms with Crippen LogP contribution in [0, 0.1) is 5.82 Å². The molecule has 128 valence electrons. The lowest BCUT2D eigenvalue weighted by atomic mass is 10.2. The largest absolute Gasteiger partial charge is 0.489 e. The maximum Gasteiger partial charge on any atom is 0.238 e. The van der Waals surface area contributed by atoms with Crippen molar-refractivity contribution < 1.29 is 18.7 Å². The number of nitrogens with zero attached hydrogens (tertiary/aromatic N) is 1. The van der Waals surface area contributed by atoms with Crippen LogP contribution in [0.25, 0.3) is 0 Å². The van der Waals surface area contributed by atoms with Crippen LogP contribution >= 0.6 is 11.8 Å². The molecule has 23 heavy (non-hydrogen) atoms. The van der Waals surface area contributed by atoms with Crippen LogP contribution in [0.1, 0.15) is 6.42 Å². The van der Waals surface area contributed by atoms with E-state index in [1.54, 1.807) is 7.11 Å². The molecular formula is C16H23FN2O3S. The molecule has 1 fully saturated rings. The quantitative estimate of drug-likeness (QED) is 0.734. The van der Waals surface area contributed by atoms with Crippen LogP contribution in [0.5, 0.6) is 5.75 Å². The van der Waals surface area contributed by atoms with E-state index in [0.717, 1.165) is 17.9 Å². The molecule has 7 heteroatoms. The van der Waals surface area contributed by atoms with Crippen molar-refractivity contribution in [2.24, 2.45) is 0 Å². The number of thioether (sulfide) groups is 1. The van der Waals surface area contributed by atoms with Gasteiger partial charge >= 0.3 is 0 Å². The Bertz CT molecular complexity index is 524. The zero-order chi connectivity index (χ0) is 16.7. The first kappa shape index (κ1) is 18.0. The molecule has 0 aliphatic carbocycles. The predicted octanol–water partition coefficient (Wildman–Crippen LogP) is 2.23. The number of benzene rings is 1. The van der Waals surface area contributed by atoms with Crippen LogP contribution in [0.3, 0.4) is 0 Å². The van der Waals surface area contributed by atoms with Gasteiger partial charge in [-0.05, 0) is 31.4 Å². The molecule has 5 nitrogen and oxygen atoms in total. The van der Waals surface area contributed by atoms with E-state index in [0.29, 0.717) is 30.7 Å². The highest BCUT2D eigenvalue weighted by Gasteiger charge is 2.22. The molecule has 0 aromatic heterocycles. The van der Waals surface area contributed by atoms with E-state index >= 15 is 0 Å². The highest BCUT2D eigenvalue weighted by Crippen LogP contribution is 2.26. The summed E-state index contributed by atoms with van der Waals surface area (Å²) in [6, 6.07) is 4.51. The Hall–Kier alpha value is -1.31. The molecule has 1 saturated heterocycles. The normalized spacial score (nSPS) is 17.5. The molecule has 0 radical (unpaired) electrons. The van der Waals surface area contributed by atoms with Crippen LogP contribution in [0.15, 0.2) is 18.2 Å². The Labute approximate surface area is 140 Å². The van der Waals surface area contributed by atoms with Gasteiger partial charge in [0.15, 0.2) is 0 Å². The summed E-state index contributed by atoms with van der Waals surface area (Å²) < 4.78 is 23.9. The summed E-state index contributed by atoms with van der Waals surface area (Å²) in [7, 11) is 3.52. The molecule has 2 rings (SSSR count). The number of rotatable bonds is 8. The number of likely N-dealkylation sites (N-methyl/N-ethyl adjacent to an activating group) is 1. The summed E-state index contributed by atoms with van der Waals surface area (Å²) in [6.07, 6.45) is 1.10. The average molecular weight is 342 g/mol. The summed E-state index contributed by atoms with van der Waals surface area (Å²) in [6.45, 7) is 1.04. The van der Waals surface area contributed by atoms with Crippen molar-refractivity contribution in [3.63, 3.8) is 0 Å². The zero-order valence-corrected chi connectivity index (χ0v) is 14.3. The van der Waals surface area contributed by atoms with E-state index in [9.17, 15) is 9.18 Å². The number of carbonyl (C=O) groups excluding carboxylic acids is 1. The molecule has 1 aromatic carbocycles. The minimum Gasteiger partial charge on any atom is -0.489 e. The van der Waals surface area contributed by atoms with E-state index < -0.39 is 5.82 Å². The third kappa shape index (κ3) is 5.67. The fourth-order valence-electron chi connectivity index (χ4n) is 2.38. The second kappa shape index (κ2) is 9.10. The average Bonchev–Trinajstić information content (AvgIpc) is 3.04. The summed E-state index contributed by atoms with van der Waals surface area (Å²) in [5.41, 5.74) is 0.348. The molecule has 0 saturated carbocycles. The number of halogens is 1. The van der Waals surface area contributed by atoms with E-state index in [4.69, 9.17) is 9.47 Å². The van der Waals surface area contributed by atoms with Crippen LogP contribution in [-0.4, -0.2) is 62.3 Å². The second-order valence-corrected chi connectivity index (χ2v) is 6.61. The molecule has 0 bridgehead atoms. The Kier molecular flexibility index (Phi) is 7.14. The van der Waals surface area contributed by atoms with E-state index in [-0.39, 0.29) is 12.5 Å². The van der Waals surface area contributed by atoms with Gasteiger partial charge in [-0.3, -0.25) is 9.69 Å². The zero-order valence-electron chi connectivity index (χ0n) is 13.5. The van der Waals surface area contributed by atoms with Crippen molar-refractivity contribution in [1.29, 1.82) is 0 Å². The molecule has 1 aliphatic heterocycles. The van der Waals surface area contributed by atoms with Gasteiger partial charge in [-0.15, -0.1) is 0 Å². The highest BCUT2D eigenvalue weighted by molar-refractivity contribution is 7.99. The van der Waals surface area contributed by atoms with Crippen molar-refractivity contribution in [2.45, 2.75) is 12.5 Å². The molecular weight excluding hydrogens is 319 g/mol. The Morgan fingerprint density at radius 3 is 3.00 bits per heavy atom. The second-order valence-electron chi connectivity index (χ2n) is 5.46. The van der Waals surface area contributed by atoms with Gasteiger partial charge in [0.05, 0.1) is 18.8 Å². The number of nitrogens with one attached hydrogen (secondary N) is 1. The first-order valence-corrected chi connectivity index (χ1v) is 8.74. The number of ether oxygens (including phenoxy) is 2. The Morgan fingerprint density at radius 2 is 2.30 bits per heavy atom. The smallest absolute Gasteiger partial charge is 0.238 e. The first-order chi connectivity index (χ1) is 11.1. The monoisotopic (exact) mass is 342 g/mol. The summed E-state index contributed by atoms with van der Waals surface area (Å²) >= 11 is 1.90. The lowest BCUT2D eigenvalue weighted by molar-refractivity contribution is -0.117. The molecule has 1 aliphatic rings. The van der Waals surface area contributed by atoms with E-state index in [1.807, 2.05) is 23.7 Å². The van der Waals surface area contributed by atoms with Crippen molar-refractivity contribution >= 4 is 23.4 Å². The molecule has 1 atom stereocenters. The Morgan fingerprint density at radius 1 is 1.48 bits per heavy atom. The Balaban J connectivity index is 1.94. The predicted molar refractivity (Wildman–Crippen MR) is 90.8 cm³/mol. The van der Waals surface area contributed by atoms with Gasteiger partial charge < -0.3 is 14.8 Å². The molecule has 1 N–H and O–H groups in total. The first-order valence-electron chi connectivity index (χ1n) is 7.59. The molecule has 0 spiro atoms. The minimum absolute atomic E-state index is 0.174. The number of hydrogen-bond acceptors (Lipinski definition) is 5. The van der Waals surface area contributed by atoms with Gasteiger partial charge in [0.2, 0.25) is 5.91 Å². The third-order valence-corrected chi connectivity index (χ3v) is 4.83. The topological polar surface area (TPSA) is 50.8 Å². The minimum atomic E-state index is -0.417. The van der Waals surface area contributed by atoms with Crippen molar-refractivity contribution in [2.75, 3.05) is 50.7 Å². The van der Waals surface area contributed by atoms with Gasteiger partial charge in [-0.25, -0.2) is 4.39 Å². The van der Waals surface area contributed by atoms with E-state index in [2.05, 4.69) is 5.32 Å². The van der Waals surface area contributed by atoms with Crippen molar-refractivity contribution in [3.8, 4) is 5.75 Å². The fraction of sp³-hybridized carbons (Fsp3) is 0.562. The third-order valence-electron chi connectivity index (χ3n) is 3.68. The van der Waals surface area contributed by atoms with E-state index in [1.165, 1.54) is 18.2 Å².